The Labute approximate surface area is 181 Å². The van der Waals surface area contributed by atoms with E-state index in [0.717, 1.165) is 12.1 Å². The molecule has 0 N–H and O–H groups in total. The first kappa shape index (κ1) is 19.5. The van der Waals surface area contributed by atoms with Crippen molar-refractivity contribution in [1.82, 2.24) is 4.98 Å². The maximum Gasteiger partial charge on any atom is 0.287 e. The van der Waals surface area contributed by atoms with E-state index in [0.29, 0.717) is 5.92 Å². The first-order valence-electron chi connectivity index (χ1n) is 11.5. The van der Waals surface area contributed by atoms with Crippen LogP contribution in [0.1, 0.15) is 63.1 Å². The van der Waals surface area contributed by atoms with Crippen LogP contribution in [0, 0.1) is 19.8 Å². The van der Waals surface area contributed by atoms with Crippen molar-refractivity contribution in [2.24, 2.45) is 5.92 Å². The summed E-state index contributed by atoms with van der Waals surface area (Å²) >= 11 is 0. The normalized spacial score (nSPS) is 25.4. The highest BCUT2D eigenvalue weighted by molar-refractivity contribution is 5.71. The lowest BCUT2D eigenvalue weighted by Gasteiger charge is -2.55. The fraction of sp³-hybridized carbons (Fsp3) is 0.429. The van der Waals surface area contributed by atoms with Crippen molar-refractivity contribution in [2.45, 2.75) is 71.3 Å². The maximum atomic E-state index is 5.00. The Morgan fingerprint density at radius 2 is 1.77 bits per heavy atom. The molecule has 1 aliphatic heterocycles. The molecule has 2 atom stereocenters. The van der Waals surface area contributed by atoms with Gasteiger partial charge in [0.25, 0.3) is 6.33 Å². The third kappa shape index (κ3) is 2.55. The topological polar surface area (TPSA) is 16.8 Å². The van der Waals surface area contributed by atoms with Gasteiger partial charge in [-0.25, -0.2) is 4.57 Å². The van der Waals surface area contributed by atoms with Crippen molar-refractivity contribution in [1.29, 1.82) is 0 Å². The monoisotopic (exact) mass is 397 g/mol. The molecule has 2 aliphatic rings. The van der Waals surface area contributed by atoms with Gasteiger partial charge in [0.1, 0.15) is 11.2 Å². The molecule has 1 fully saturated rings. The molecule has 1 saturated carbocycles. The second-order valence-corrected chi connectivity index (χ2v) is 9.91. The highest BCUT2D eigenvalue weighted by Crippen LogP contribution is 2.55. The summed E-state index contributed by atoms with van der Waals surface area (Å²) in [7, 11) is 0. The smallest absolute Gasteiger partial charge is 0.223 e. The van der Waals surface area contributed by atoms with Crippen LogP contribution in [-0.4, -0.2) is 4.98 Å². The molecule has 0 saturated heterocycles. The molecule has 2 nitrogen and oxygen atoms in total. The van der Waals surface area contributed by atoms with Gasteiger partial charge in [0.05, 0.1) is 0 Å². The lowest BCUT2D eigenvalue weighted by atomic mass is 9.53. The van der Waals surface area contributed by atoms with Crippen molar-refractivity contribution >= 4 is 0 Å². The number of fused-ring (bicyclic) bond motifs is 3. The number of aromatic nitrogens is 2. The van der Waals surface area contributed by atoms with E-state index in [9.17, 15) is 0 Å². The van der Waals surface area contributed by atoms with Gasteiger partial charge in [-0.15, -0.1) is 0 Å². The summed E-state index contributed by atoms with van der Waals surface area (Å²) in [5.74, 6) is 0.701. The molecule has 0 spiro atoms. The van der Waals surface area contributed by atoms with E-state index in [-0.39, 0.29) is 11.0 Å². The minimum atomic E-state index is 0.0374. The third-order valence-corrected chi connectivity index (χ3v) is 8.43. The van der Waals surface area contributed by atoms with Crippen LogP contribution in [-0.2, 0) is 11.0 Å². The SMILES string of the molecule is CCC1(C)c2ccc(C)cc2-c2cc(-c3cccc(C)c3)nc[n+]2C1(C)C1CCC1. The zero-order valence-electron chi connectivity index (χ0n) is 19.0. The molecule has 2 aromatic carbocycles. The summed E-state index contributed by atoms with van der Waals surface area (Å²) < 4.78 is 2.54. The van der Waals surface area contributed by atoms with Gasteiger partial charge in [0, 0.05) is 28.5 Å². The number of hydrogen-bond donors (Lipinski definition) is 0. The molecule has 1 aliphatic carbocycles. The molecular weight excluding hydrogens is 364 g/mol. The standard InChI is InChI=1S/C28H33N2/c1-6-27(4)24-14-13-20(3)16-23(24)26-17-25(21-10-7-9-19(2)15-21)29-18-30(26)28(27,5)22-11-8-12-22/h7,9-10,13-18,22H,6,8,11-12H2,1-5H3/q+1. The van der Waals surface area contributed by atoms with Crippen molar-refractivity contribution < 1.29 is 4.57 Å². The molecular formula is C28H33N2+. The van der Waals surface area contributed by atoms with Crippen LogP contribution < -0.4 is 4.57 Å². The van der Waals surface area contributed by atoms with Crippen LogP contribution in [0.25, 0.3) is 22.5 Å². The molecule has 1 aromatic heterocycles. The second kappa shape index (κ2) is 6.77. The quantitative estimate of drug-likeness (QED) is 0.460. The lowest BCUT2D eigenvalue weighted by molar-refractivity contribution is -0.777. The molecule has 0 radical (unpaired) electrons. The van der Waals surface area contributed by atoms with Gasteiger partial charge in [0.15, 0.2) is 5.69 Å². The summed E-state index contributed by atoms with van der Waals surface area (Å²) in [6, 6.07) is 18.1. The Hall–Kier alpha value is -2.48. The number of rotatable bonds is 3. The molecule has 2 unspecified atom stereocenters. The first-order valence-corrected chi connectivity index (χ1v) is 11.5. The van der Waals surface area contributed by atoms with Crippen LogP contribution in [0.3, 0.4) is 0 Å². The number of nitrogens with zero attached hydrogens (tertiary/aromatic N) is 2. The molecule has 0 bridgehead atoms. The van der Waals surface area contributed by atoms with Crippen LogP contribution in [0.2, 0.25) is 0 Å². The zero-order valence-corrected chi connectivity index (χ0v) is 19.0. The van der Waals surface area contributed by atoms with E-state index in [1.807, 2.05) is 0 Å². The Morgan fingerprint density at radius 1 is 1.00 bits per heavy atom. The highest BCUT2D eigenvalue weighted by Gasteiger charge is 2.59. The Kier molecular flexibility index (Phi) is 4.39. The lowest BCUT2D eigenvalue weighted by Crippen LogP contribution is -2.72. The van der Waals surface area contributed by atoms with E-state index >= 15 is 0 Å². The van der Waals surface area contributed by atoms with Gasteiger partial charge >= 0.3 is 0 Å². The Balaban J connectivity index is 1.80. The second-order valence-electron chi connectivity index (χ2n) is 9.91. The average Bonchev–Trinajstić information content (AvgIpc) is 2.70. The van der Waals surface area contributed by atoms with E-state index in [2.05, 4.69) is 94.0 Å². The summed E-state index contributed by atoms with van der Waals surface area (Å²) in [4.78, 5) is 5.00. The zero-order chi connectivity index (χ0) is 21.1. The predicted molar refractivity (Wildman–Crippen MR) is 123 cm³/mol. The van der Waals surface area contributed by atoms with Crippen LogP contribution >= 0.6 is 0 Å². The summed E-state index contributed by atoms with van der Waals surface area (Å²) in [5, 5.41) is 0. The minimum Gasteiger partial charge on any atom is -0.223 e. The molecule has 30 heavy (non-hydrogen) atoms. The van der Waals surface area contributed by atoms with Gasteiger partial charge in [-0.3, -0.25) is 0 Å². The summed E-state index contributed by atoms with van der Waals surface area (Å²) in [5.41, 5.74) is 9.18. The van der Waals surface area contributed by atoms with E-state index in [4.69, 9.17) is 4.98 Å². The van der Waals surface area contributed by atoms with Gasteiger partial charge in [-0.1, -0.05) is 61.7 Å². The summed E-state index contributed by atoms with van der Waals surface area (Å²) in [6.07, 6.45) is 7.26. The minimum absolute atomic E-state index is 0.0374. The fourth-order valence-corrected chi connectivity index (χ4v) is 6.01. The van der Waals surface area contributed by atoms with Crippen molar-refractivity contribution in [3.63, 3.8) is 0 Å². The molecule has 2 heterocycles. The van der Waals surface area contributed by atoms with Crippen molar-refractivity contribution in [2.75, 3.05) is 0 Å². The molecule has 3 aromatic rings. The van der Waals surface area contributed by atoms with Crippen molar-refractivity contribution in [3.05, 3.63) is 71.5 Å². The number of benzene rings is 2. The maximum absolute atomic E-state index is 5.00. The highest BCUT2D eigenvalue weighted by atomic mass is 15.1. The van der Waals surface area contributed by atoms with Crippen molar-refractivity contribution in [3.8, 4) is 22.5 Å². The Morgan fingerprint density at radius 3 is 2.43 bits per heavy atom. The van der Waals surface area contributed by atoms with Gasteiger partial charge < -0.3 is 0 Å². The molecule has 154 valence electrons. The Bertz CT molecular complexity index is 1130. The molecule has 5 rings (SSSR count). The summed E-state index contributed by atoms with van der Waals surface area (Å²) in [6.45, 7) is 11.7. The molecule has 0 amide bonds. The molecule has 2 heteroatoms. The third-order valence-electron chi connectivity index (χ3n) is 8.43. The predicted octanol–water partition coefficient (Wildman–Crippen LogP) is 6.52. The van der Waals surface area contributed by atoms with E-state index in [1.165, 1.54) is 52.8 Å². The van der Waals surface area contributed by atoms with Crippen LogP contribution in [0.15, 0.2) is 54.9 Å². The van der Waals surface area contributed by atoms with E-state index < -0.39 is 0 Å². The fourth-order valence-electron chi connectivity index (χ4n) is 6.01. The number of aryl methyl sites for hydroxylation is 2. The van der Waals surface area contributed by atoms with Gasteiger partial charge in [-0.05, 0) is 62.7 Å². The number of hydrogen-bond acceptors (Lipinski definition) is 1. The first-order chi connectivity index (χ1) is 14.4. The van der Waals surface area contributed by atoms with Gasteiger partial charge in [-0.2, -0.15) is 0 Å². The van der Waals surface area contributed by atoms with E-state index in [1.54, 1.807) is 0 Å². The van der Waals surface area contributed by atoms with Crippen LogP contribution in [0.4, 0.5) is 0 Å². The largest absolute Gasteiger partial charge is 0.287 e. The van der Waals surface area contributed by atoms with Gasteiger partial charge in [0.2, 0.25) is 0 Å². The van der Waals surface area contributed by atoms with Crippen LogP contribution in [0.5, 0.6) is 0 Å². The average molecular weight is 398 g/mol.